The number of Topliss-reactive ketones (excluding diaryl/α,β-unsaturated/α-hetero) is 1. The lowest BCUT2D eigenvalue weighted by Crippen LogP contribution is -2.09. The van der Waals surface area contributed by atoms with E-state index in [9.17, 15) is 14.5 Å². The summed E-state index contributed by atoms with van der Waals surface area (Å²) in [6, 6.07) is 5.72. The Bertz CT molecular complexity index is 383. The van der Waals surface area contributed by atoms with E-state index in [1.54, 1.807) is 0 Å². The standard InChI is InChI=1S/C10H9NO4/c1-15-10(13)6-9(12)7-2-4-8(11-14)5-3-7/h2-5H,6H2,1H3. The second-order valence-corrected chi connectivity index (χ2v) is 2.81. The molecule has 0 aliphatic rings. The molecule has 1 rings (SSSR count). The van der Waals surface area contributed by atoms with Crippen LogP contribution in [0.4, 0.5) is 5.69 Å². The predicted molar refractivity (Wildman–Crippen MR) is 52.9 cm³/mol. The van der Waals surface area contributed by atoms with E-state index in [0.717, 1.165) is 0 Å². The van der Waals surface area contributed by atoms with Gasteiger partial charge in [-0.3, -0.25) is 9.59 Å². The van der Waals surface area contributed by atoms with Crippen LogP contribution in [-0.4, -0.2) is 18.9 Å². The maximum Gasteiger partial charge on any atom is 0.313 e. The van der Waals surface area contributed by atoms with Gasteiger partial charge in [0.25, 0.3) is 0 Å². The lowest BCUT2D eigenvalue weighted by molar-refractivity contribution is -0.139. The van der Waals surface area contributed by atoms with Crippen molar-refractivity contribution >= 4 is 17.4 Å². The minimum absolute atomic E-state index is 0.240. The van der Waals surface area contributed by atoms with E-state index in [-0.39, 0.29) is 17.9 Å². The zero-order chi connectivity index (χ0) is 11.3. The molecule has 0 spiro atoms. The molecule has 0 aromatic heterocycles. The van der Waals surface area contributed by atoms with E-state index in [2.05, 4.69) is 9.91 Å². The monoisotopic (exact) mass is 207 g/mol. The first-order valence-electron chi connectivity index (χ1n) is 4.21. The molecule has 0 amide bonds. The first-order valence-corrected chi connectivity index (χ1v) is 4.21. The third-order valence-electron chi connectivity index (χ3n) is 1.83. The molecule has 1 aromatic rings. The number of carbonyl (C=O) groups is 2. The van der Waals surface area contributed by atoms with Crippen molar-refractivity contribution in [2.24, 2.45) is 5.18 Å². The summed E-state index contributed by atoms with van der Waals surface area (Å²) in [5, 5.41) is 2.70. The molecular weight excluding hydrogens is 198 g/mol. The zero-order valence-corrected chi connectivity index (χ0v) is 8.10. The van der Waals surface area contributed by atoms with Gasteiger partial charge in [0.15, 0.2) is 5.78 Å². The van der Waals surface area contributed by atoms with Gasteiger partial charge in [-0.15, -0.1) is 4.91 Å². The number of benzene rings is 1. The summed E-state index contributed by atoms with van der Waals surface area (Å²) in [6.07, 6.45) is -0.301. The molecule has 1 aromatic carbocycles. The summed E-state index contributed by atoms with van der Waals surface area (Å²) in [5.74, 6) is -0.933. The Morgan fingerprint density at radius 1 is 1.27 bits per heavy atom. The van der Waals surface area contributed by atoms with E-state index in [4.69, 9.17) is 0 Å². The average molecular weight is 207 g/mol. The number of rotatable bonds is 4. The van der Waals surface area contributed by atoms with Crippen LogP contribution >= 0.6 is 0 Å². The van der Waals surface area contributed by atoms with Gasteiger partial charge < -0.3 is 4.74 Å². The Morgan fingerprint density at radius 2 is 1.87 bits per heavy atom. The van der Waals surface area contributed by atoms with Gasteiger partial charge in [0.1, 0.15) is 12.1 Å². The fraction of sp³-hybridized carbons (Fsp3) is 0.200. The smallest absolute Gasteiger partial charge is 0.313 e. The van der Waals surface area contributed by atoms with Crippen molar-refractivity contribution in [3.05, 3.63) is 34.7 Å². The Morgan fingerprint density at radius 3 is 2.33 bits per heavy atom. The number of hydrogen-bond acceptors (Lipinski definition) is 5. The van der Waals surface area contributed by atoms with Crippen LogP contribution in [0.1, 0.15) is 16.8 Å². The molecule has 0 fully saturated rings. The van der Waals surface area contributed by atoms with Gasteiger partial charge in [-0.25, -0.2) is 0 Å². The largest absolute Gasteiger partial charge is 0.469 e. The molecule has 0 heterocycles. The summed E-state index contributed by atoms with van der Waals surface area (Å²) in [4.78, 5) is 32.3. The molecule has 0 saturated carbocycles. The molecule has 5 heteroatoms. The van der Waals surface area contributed by atoms with Crippen molar-refractivity contribution in [2.45, 2.75) is 6.42 Å². The van der Waals surface area contributed by atoms with Crippen LogP contribution in [0.25, 0.3) is 0 Å². The normalized spacial score (nSPS) is 9.40. The summed E-state index contributed by atoms with van der Waals surface area (Å²) in [5.41, 5.74) is 0.595. The molecule has 0 aliphatic heterocycles. The third kappa shape index (κ3) is 2.98. The lowest BCUT2D eigenvalue weighted by Gasteiger charge is -1.99. The fourth-order valence-corrected chi connectivity index (χ4v) is 1.01. The average Bonchev–Trinajstić information content (AvgIpc) is 2.29. The first kappa shape index (κ1) is 11.0. The van der Waals surface area contributed by atoms with Crippen LogP contribution in [0.2, 0.25) is 0 Å². The van der Waals surface area contributed by atoms with Gasteiger partial charge in [-0.1, -0.05) is 0 Å². The Balaban J connectivity index is 2.74. The van der Waals surface area contributed by atoms with Crippen LogP contribution in [0.3, 0.4) is 0 Å². The molecule has 15 heavy (non-hydrogen) atoms. The molecule has 0 N–H and O–H groups in total. The van der Waals surface area contributed by atoms with Crippen LogP contribution in [-0.2, 0) is 9.53 Å². The van der Waals surface area contributed by atoms with Crippen molar-refractivity contribution in [1.82, 2.24) is 0 Å². The summed E-state index contributed by atoms with van der Waals surface area (Å²) >= 11 is 0. The molecule has 0 saturated heterocycles. The zero-order valence-electron chi connectivity index (χ0n) is 8.10. The lowest BCUT2D eigenvalue weighted by atomic mass is 10.1. The Kier molecular flexibility index (Phi) is 3.68. The van der Waals surface area contributed by atoms with Crippen LogP contribution in [0.15, 0.2) is 29.4 Å². The van der Waals surface area contributed by atoms with Crippen LogP contribution in [0.5, 0.6) is 0 Å². The Hall–Kier alpha value is -2.04. The highest BCUT2D eigenvalue weighted by atomic mass is 16.5. The Labute approximate surface area is 86.0 Å². The number of nitrogens with zero attached hydrogens (tertiary/aromatic N) is 1. The highest BCUT2D eigenvalue weighted by molar-refractivity contribution is 6.06. The fourth-order valence-electron chi connectivity index (χ4n) is 1.01. The molecule has 0 atom stereocenters. The number of nitroso groups, excluding NO2 is 1. The minimum atomic E-state index is -0.586. The van der Waals surface area contributed by atoms with Gasteiger partial charge in [-0.2, -0.15) is 0 Å². The van der Waals surface area contributed by atoms with E-state index in [0.29, 0.717) is 5.56 Å². The second kappa shape index (κ2) is 4.99. The number of ketones is 1. The number of carbonyl (C=O) groups excluding carboxylic acids is 2. The highest BCUT2D eigenvalue weighted by Gasteiger charge is 2.11. The maximum atomic E-state index is 11.4. The molecule has 0 radical (unpaired) electrons. The number of ether oxygens (including phenoxy) is 1. The van der Waals surface area contributed by atoms with Gasteiger partial charge >= 0.3 is 5.97 Å². The van der Waals surface area contributed by atoms with Crippen LogP contribution < -0.4 is 0 Å². The molecule has 0 aliphatic carbocycles. The number of esters is 1. The summed E-state index contributed by atoms with van der Waals surface area (Å²) in [6.45, 7) is 0. The number of hydrogen-bond donors (Lipinski definition) is 0. The number of methoxy groups -OCH3 is 1. The van der Waals surface area contributed by atoms with Crippen molar-refractivity contribution in [3.63, 3.8) is 0 Å². The van der Waals surface area contributed by atoms with Crippen molar-refractivity contribution in [3.8, 4) is 0 Å². The first-order chi connectivity index (χ1) is 7.17. The second-order valence-electron chi connectivity index (χ2n) is 2.81. The van der Waals surface area contributed by atoms with E-state index in [1.807, 2.05) is 0 Å². The predicted octanol–water partition coefficient (Wildman–Crippen LogP) is 1.83. The highest BCUT2D eigenvalue weighted by Crippen LogP contribution is 2.13. The molecule has 0 unspecified atom stereocenters. The van der Waals surface area contributed by atoms with Crippen LogP contribution in [0, 0.1) is 4.91 Å². The SMILES string of the molecule is COC(=O)CC(=O)c1ccc(N=O)cc1. The third-order valence-corrected chi connectivity index (χ3v) is 1.83. The van der Waals surface area contributed by atoms with Crippen molar-refractivity contribution in [1.29, 1.82) is 0 Å². The van der Waals surface area contributed by atoms with Gasteiger partial charge in [0.05, 0.1) is 7.11 Å². The van der Waals surface area contributed by atoms with Gasteiger partial charge in [0.2, 0.25) is 0 Å². The van der Waals surface area contributed by atoms with Gasteiger partial charge in [0, 0.05) is 5.56 Å². The van der Waals surface area contributed by atoms with Gasteiger partial charge in [-0.05, 0) is 29.4 Å². The maximum absolute atomic E-state index is 11.4. The van der Waals surface area contributed by atoms with E-state index >= 15 is 0 Å². The van der Waals surface area contributed by atoms with Crippen molar-refractivity contribution < 1.29 is 14.3 Å². The summed E-state index contributed by atoms with van der Waals surface area (Å²) in [7, 11) is 1.22. The molecule has 78 valence electrons. The quantitative estimate of drug-likeness (QED) is 0.327. The molecule has 5 nitrogen and oxygen atoms in total. The minimum Gasteiger partial charge on any atom is -0.469 e. The summed E-state index contributed by atoms with van der Waals surface area (Å²) < 4.78 is 4.36. The van der Waals surface area contributed by atoms with Crippen molar-refractivity contribution in [2.75, 3.05) is 7.11 Å². The topological polar surface area (TPSA) is 72.8 Å². The van der Waals surface area contributed by atoms with E-state index < -0.39 is 5.97 Å². The molecule has 0 bridgehead atoms. The molecular formula is C10H9NO4. The van der Waals surface area contributed by atoms with E-state index in [1.165, 1.54) is 31.4 Å².